The van der Waals surface area contributed by atoms with Crippen molar-refractivity contribution in [2.75, 3.05) is 6.61 Å². The molecule has 1 aromatic rings. The van der Waals surface area contributed by atoms with E-state index in [0.717, 1.165) is 62.5 Å². The third-order valence-electron chi connectivity index (χ3n) is 5.42. The third kappa shape index (κ3) is 14.2. The number of ether oxygens (including phenoxy) is 2. The first kappa shape index (κ1) is 26.2. The van der Waals surface area contributed by atoms with Crippen LogP contribution in [-0.4, -0.2) is 18.5 Å². The zero-order valence-electron chi connectivity index (χ0n) is 19.3. The predicted octanol–water partition coefficient (Wildman–Crippen LogP) is 7.06. The van der Waals surface area contributed by atoms with Crippen LogP contribution in [0.5, 0.6) is 0 Å². The molecule has 1 aromatic carbocycles. The summed E-state index contributed by atoms with van der Waals surface area (Å²) in [7, 11) is 0. The van der Waals surface area contributed by atoms with Crippen LogP contribution in [0.25, 0.3) is 0 Å². The minimum Gasteiger partial charge on any atom is -0.466 e. The van der Waals surface area contributed by atoms with E-state index in [1.165, 1.54) is 25.7 Å². The highest BCUT2D eigenvalue weighted by Gasteiger charge is 2.05. The topological polar surface area (TPSA) is 52.6 Å². The van der Waals surface area contributed by atoms with Crippen LogP contribution in [0.1, 0.15) is 108 Å². The molecule has 0 aliphatic heterocycles. The van der Waals surface area contributed by atoms with Crippen molar-refractivity contribution >= 4 is 11.9 Å². The predicted molar refractivity (Wildman–Crippen MR) is 122 cm³/mol. The van der Waals surface area contributed by atoms with Crippen molar-refractivity contribution < 1.29 is 19.1 Å². The molecule has 0 unspecified atom stereocenters. The van der Waals surface area contributed by atoms with Gasteiger partial charge in [-0.05, 0) is 37.3 Å². The van der Waals surface area contributed by atoms with E-state index in [1.807, 2.05) is 31.2 Å². The summed E-state index contributed by atoms with van der Waals surface area (Å²) < 4.78 is 10.6. The number of esters is 2. The molecule has 1 rings (SSSR count). The van der Waals surface area contributed by atoms with E-state index in [2.05, 4.69) is 6.92 Å². The van der Waals surface area contributed by atoms with Crippen molar-refractivity contribution in [2.45, 2.75) is 110 Å². The van der Waals surface area contributed by atoms with E-state index in [-0.39, 0.29) is 11.9 Å². The second-order valence-corrected chi connectivity index (χ2v) is 8.20. The van der Waals surface area contributed by atoms with Crippen molar-refractivity contribution in [3.63, 3.8) is 0 Å². The van der Waals surface area contributed by atoms with Crippen LogP contribution in [0.15, 0.2) is 24.3 Å². The Bertz CT molecular complexity index is 582. The number of hydrogen-bond donors (Lipinski definition) is 0. The number of carbonyl (C=O) groups excluding carboxylic acids is 2. The maximum absolute atomic E-state index is 11.8. The Morgan fingerprint density at radius 2 is 1.23 bits per heavy atom. The molecule has 0 amide bonds. The molecule has 0 saturated carbocycles. The Morgan fingerprint density at radius 3 is 1.87 bits per heavy atom. The summed E-state index contributed by atoms with van der Waals surface area (Å²) >= 11 is 0. The fraction of sp³-hybridized carbons (Fsp3) is 0.692. The van der Waals surface area contributed by atoms with E-state index in [4.69, 9.17) is 9.47 Å². The fourth-order valence-corrected chi connectivity index (χ4v) is 3.39. The summed E-state index contributed by atoms with van der Waals surface area (Å²) in [5, 5.41) is 0. The van der Waals surface area contributed by atoms with E-state index >= 15 is 0 Å². The minimum absolute atomic E-state index is 0.0556. The van der Waals surface area contributed by atoms with Gasteiger partial charge in [-0.2, -0.15) is 0 Å². The molecule has 0 aliphatic carbocycles. The molecule has 0 saturated heterocycles. The van der Waals surface area contributed by atoms with Crippen LogP contribution in [0, 0.1) is 6.92 Å². The van der Waals surface area contributed by atoms with Crippen molar-refractivity contribution in [3.8, 4) is 0 Å². The van der Waals surface area contributed by atoms with Gasteiger partial charge < -0.3 is 9.47 Å². The van der Waals surface area contributed by atoms with E-state index < -0.39 is 0 Å². The van der Waals surface area contributed by atoms with Gasteiger partial charge in [0.2, 0.25) is 0 Å². The van der Waals surface area contributed by atoms with Crippen LogP contribution in [-0.2, 0) is 25.7 Å². The van der Waals surface area contributed by atoms with Gasteiger partial charge in [0.25, 0.3) is 0 Å². The number of rotatable bonds is 18. The molecule has 0 heterocycles. The molecule has 0 atom stereocenters. The van der Waals surface area contributed by atoms with Crippen LogP contribution in [0.3, 0.4) is 0 Å². The Labute approximate surface area is 183 Å². The minimum atomic E-state index is -0.119. The largest absolute Gasteiger partial charge is 0.466 e. The smallest absolute Gasteiger partial charge is 0.306 e. The molecular weight excluding hydrogens is 376 g/mol. The van der Waals surface area contributed by atoms with Crippen molar-refractivity contribution in [1.82, 2.24) is 0 Å². The Morgan fingerprint density at radius 1 is 0.700 bits per heavy atom. The fourth-order valence-electron chi connectivity index (χ4n) is 3.39. The molecule has 4 nitrogen and oxygen atoms in total. The quantitative estimate of drug-likeness (QED) is 0.189. The summed E-state index contributed by atoms with van der Waals surface area (Å²) in [6.07, 6.45) is 14.3. The highest BCUT2D eigenvalue weighted by Crippen LogP contribution is 2.12. The first-order valence-electron chi connectivity index (χ1n) is 12.0. The molecule has 0 bridgehead atoms. The zero-order chi connectivity index (χ0) is 21.9. The number of aryl methyl sites for hydroxylation is 1. The lowest BCUT2D eigenvalue weighted by molar-refractivity contribution is -0.145. The number of carbonyl (C=O) groups is 2. The lowest BCUT2D eigenvalue weighted by atomic mass is 10.1. The van der Waals surface area contributed by atoms with Gasteiger partial charge in [-0.25, -0.2) is 0 Å². The molecule has 0 N–H and O–H groups in total. The first-order valence-corrected chi connectivity index (χ1v) is 12.0. The maximum atomic E-state index is 11.8. The lowest BCUT2D eigenvalue weighted by Crippen LogP contribution is -2.05. The highest BCUT2D eigenvalue weighted by atomic mass is 16.5. The number of hydrogen-bond acceptors (Lipinski definition) is 4. The van der Waals surface area contributed by atoms with Crippen LogP contribution >= 0.6 is 0 Å². The first-order chi connectivity index (χ1) is 14.6. The van der Waals surface area contributed by atoms with Crippen molar-refractivity contribution in [3.05, 3.63) is 35.4 Å². The molecule has 4 heteroatoms. The van der Waals surface area contributed by atoms with Crippen molar-refractivity contribution in [1.29, 1.82) is 0 Å². The van der Waals surface area contributed by atoms with Gasteiger partial charge in [0.05, 0.1) is 6.61 Å². The van der Waals surface area contributed by atoms with Gasteiger partial charge in [0, 0.05) is 12.8 Å². The van der Waals surface area contributed by atoms with E-state index in [1.54, 1.807) is 0 Å². The third-order valence-corrected chi connectivity index (χ3v) is 5.42. The van der Waals surface area contributed by atoms with Gasteiger partial charge >= 0.3 is 11.9 Å². The van der Waals surface area contributed by atoms with Crippen LogP contribution in [0.2, 0.25) is 0 Å². The Hall–Kier alpha value is -1.84. The average molecular weight is 419 g/mol. The molecule has 0 fully saturated rings. The maximum Gasteiger partial charge on any atom is 0.306 e. The second-order valence-electron chi connectivity index (χ2n) is 8.20. The molecule has 170 valence electrons. The summed E-state index contributed by atoms with van der Waals surface area (Å²) in [4.78, 5) is 23.5. The molecule has 0 aliphatic rings. The van der Waals surface area contributed by atoms with Crippen LogP contribution in [0.4, 0.5) is 0 Å². The standard InChI is InChI=1S/C26H42O4/c1-3-4-5-6-11-16-21-29-25(27)19-12-9-7-8-10-13-20-26(28)30-22-24-18-15-14-17-23(24)2/h14-15,17-18H,3-13,16,19-22H2,1-2H3. The second kappa shape index (κ2) is 18.0. The van der Waals surface area contributed by atoms with Gasteiger partial charge in [0.15, 0.2) is 0 Å². The van der Waals surface area contributed by atoms with Gasteiger partial charge in [-0.15, -0.1) is 0 Å². The summed E-state index contributed by atoms with van der Waals surface area (Å²) in [6.45, 7) is 5.18. The monoisotopic (exact) mass is 418 g/mol. The molecular formula is C26H42O4. The lowest BCUT2D eigenvalue weighted by Gasteiger charge is -2.07. The van der Waals surface area contributed by atoms with Gasteiger partial charge in [0.1, 0.15) is 6.61 Å². The summed E-state index contributed by atoms with van der Waals surface area (Å²) in [6, 6.07) is 7.97. The number of benzene rings is 1. The Kier molecular flexibility index (Phi) is 15.7. The van der Waals surface area contributed by atoms with Crippen molar-refractivity contribution in [2.24, 2.45) is 0 Å². The normalized spacial score (nSPS) is 10.7. The van der Waals surface area contributed by atoms with Crippen LogP contribution < -0.4 is 0 Å². The molecule has 30 heavy (non-hydrogen) atoms. The summed E-state index contributed by atoms with van der Waals surface area (Å²) in [5.41, 5.74) is 2.22. The van der Waals surface area contributed by atoms with Gasteiger partial charge in [-0.1, -0.05) is 89.0 Å². The zero-order valence-corrected chi connectivity index (χ0v) is 19.3. The number of unbranched alkanes of at least 4 members (excludes halogenated alkanes) is 10. The molecule has 0 aromatic heterocycles. The van der Waals surface area contributed by atoms with Gasteiger partial charge in [-0.3, -0.25) is 9.59 Å². The Balaban J connectivity index is 1.87. The van der Waals surface area contributed by atoms with E-state index in [9.17, 15) is 9.59 Å². The average Bonchev–Trinajstić information content (AvgIpc) is 2.74. The molecule has 0 spiro atoms. The van der Waals surface area contributed by atoms with E-state index in [0.29, 0.717) is 26.1 Å². The summed E-state index contributed by atoms with van der Waals surface area (Å²) in [5.74, 6) is -0.175. The highest BCUT2D eigenvalue weighted by molar-refractivity contribution is 5.69. The SMILES string of the molecule is CCCCCCCCOC(=O)CCCCCCCCC(=O)OCc1ccccc1C. The molecule has 0 radical (unpaired) electrons.